The molecular formula is C45H78O5. The molecule has 0 aliphatic carbocycles. The Kier molecular flexibility index (Phi) is 39.1. The van der Waals surface area contributed by atoms with Gasteiger partial charge in [0.05, 0.1) is 6.61 Å². The molecule has 5 heteroatoms. The van der Waals surface area contributed by atoms with Gasteiger partial charge < -0.3 is 14.6 Å². The van der Waals surface area contributed by atoms with E-state index < -0.39 is 6.10 Å². The van der Waals surface area contributed by atoms with Crippen LogP contribution in [0.1, 0.15) is 194 Å². The van der Waals surface area contributed by atoms with Gasteiger partial charge in [0.15, 0.2) is 6.10 Å². The lowest BCUT2D eigenvalue weighted by Gasteiger charge is -2.15. The van der Waals surface area contributed by atoms with E-state index >= 15 is 0 Å². The Labute approximate surface area is 309 Å². The number of hydrogen-bond donors (Lipinski definition) is 1. The second-order valence-corrected chi connectivity index (χ2v) is 13.7. The minimum absolute atomic E-state index is 0.0731. The molecule has 0 fully saturated rings. The molecule has 1 N–H and O–H groups in total. The maximum atomic E-state index is 12.2. The van der Waals surface area contributed by atoms with Gasteiger partial charge in [-0.15, -0.1) is 0 Å². The fourth-order valence-electron chi connectivity index (χ4n) is 5.66. The Hall–Kier alpha value is -2.40. The van der Waals surface area contributed by atoms with E-state index in [4.69, 9.17) is 9.47 Å². The third kappa shape index (κ3) is 38.4. The molecule has 1 unspecified atom stereocenters. The Morgan fingerprint density at radius 3 is 1.32 bits per heavy atom. The summed E-state index contributed by atoms with van der Waals surface area (Å²) in [5, 5.41) is 9.56. The quantitative estimate of drug-likeness (QED) is 0.0397. The summed E-state index contributed by atoms with van der Waals surface area (Å²) < 4.78 is 10.6. The lowest BCUT2D eigenvalue weighted by Crippen LogP contribution is -2.28. The van der Waals surface area contributed by atoms with Gasteiger partial charge in [0, 0.05) is 12.8 Å². The molecule has 0 aliphatic heterocycles. The van der Waals surface area contributed by atoms with Crippen molar-refractivity contribution in [1.82, 2.24) is 0 Å². The van der Waals surface area contributed by atoms with Crippen LogP contribution in [-0.4, -0.2) is 36.4 Å². The first kappa shape index (κ1) is 47.6. The lowest BCUT2D eigenvalue weighted by atomic mass is 10.0. The molecule has 5 nitrogen and oxygen atoms in total. The number of hydrogen-bond acceptors (Lipinski definition) is 5. The van der Waals surface area contributed by atoms with Crippen LogP contribution in [0.3, 0.4) is 0 Å². The lowest BCUT2D eigenvalue weighted by molar-refractivity contribution is -0.161. The van der Waals surface area contributed by atoms with Crippen LogP contribution in [0.25, 0.3) is 0 Å². The summed E-state index contributed by atoms with van der Waals surface area (Å²) in [7, 11) is 0. The van der Waals surface area contributed by atoms with Gasteiger partial charge in [0.25, 0.3) is 0 Å². The number of esters is 2. The highest BCUT2D eigenvalue weighted by molar-refractivity contribution is 5.70. The van der Waals surface area contributed by atoms with Crippen molar-refractivity contribution in [3.05, 3.63) is 60.8 Å². The summed E-state index contributed by atoms with van der Waals surface area (Å²) >= 11 is 0. The number of rotatable bonds is 37. The van der Waals surface area contributed by atoms with Crippen molar-refractivity contribution < 1.29 is 24.2 Å². The van der Waals surface area contributed by atoms with Crippen molar-refractivity contribution in [2.24, 2.45) is 0 Å². The number of allylic oxidation sites excluding steroid dienone is 10. The molecule has 0 aromatic heterocycles. The molecule has 0 bridgehead atoms. The molecule has 288 valence electrons. The fraction of sp³-hybridized carbons (Fsp3) is 0.733. The number of ether oxygens (including phenoxy) is 2. The van der Waals surface area contributed by atoms with Gasteiger partial charge >= 0.3 is 11.9 Å². The Balaban J connectivity index is 3.56. The number of aliphatic hydroxyl groups excluding tert-OH is 1. The Morgan fingerprint density at radius 2 is 0.860 bits per heavy atom. The molecule has 1 atom stereocenters. The highest BCUT2D eigenvalue weighted by Crippen LogP contribution is 2.13. The Morgan fingerprint density at radius 1 is 0.480 bits per heavy atom. The first-order chi connectivity index (χ1) is 24.6. The zero-order valence-electron chi connectivity index (χ0n) is 32.6. The van der Waals surface area contributed by atoms with E-state index in [0.29, 0.717) is 12.8 Å². The predicted molar refractivity (Wildman–Crippen MR) is 214 cm³/mol. The molecule has 0 amide bonds. The van der Waals surface area contributed by atoms with Gasteiger partial charge in [-0.3, -0.25) is 9.59 Å². The average molecular weight is 699 g/mol. The predicted octanol–water partition coefficient (Wildman–Crippen LogP) is 13.2. The minimum atomic E-state index is -0.778. The third-order valence-corrected chi connectivity index (χ3v) is 8.80. The number of carbonyl (C=O) groups is 2. The van der Waals surface area contributed by atoms with E-state index in [0.717, 1.165) is 70.6 Å². The highest BCUT2D eigenvalue weighted by atomic mass is 16.6. The molecule has 0 spiro atoms. The molecule has 0 radical (unpaired) electrons. The van der Waals surface area contributed by atoms with Gasteiger partial charge in [-0.25, -0.2) is 0 Å². The van der Waals surface area contributed by atoms with Crippen molar-refractivity contribution in [2.75, 3.05) is 13.2 Å². The van der Waals surface area contributed by atoms with Crippen molar-refractivity contribution in [3.63, 3.8) is 0 Å². The van der Waals surface area contributed by atoms with E-state index in [1.807, 2.05) is 0 Å². The van der Waals surface area contributed by atoms with Gasteiger partial charge in [-0.1, -0.05) is 164 Å². The first-order valence-electron chi connectivity index (χ1n) is 20.8. The Bertz CT molecular complexity index is 884. The van der Waals surface area contributed by atoms with Crippen molar-refractivity contribution >= 4 is 11.9 Å². The summed E-state index contributed by atoms with van der Waals surface area (Å²) in [6, 6.07) is 0. The standard InChI is InChI=1S/C45H78O5/c1-3-5-7-9-11-13-15-17-18-19-20-21-22-23-24-25-26-28-30-32-34-36-38-40-45(48)50-43(41-46)42-49-44(47)39-37-35-33-31-29-27-16-14-12-10-8-6-4-2/h5,7,11,13-14,16-18,20-21,43,46H,3-4,6,8-10,12,15,19,22-42H2,1-2H3/b7-5-,13-11-,16-14-,18-17-,21-20-. The second kappa shape index (κ2) is 41.0. The molecule has 0 aliphatic rings. The van der Waals surface area contributed by atoms with E-state index in [1.165, 1.54) is 96.3 Å². The van der Waals surface area contributed by atoms with Gasteiger partial charge in [0.2, 0.25) is 0 Å². The second-order valence-electron chi connectivity index (χ2n) is 13.7. The van der Waals surface area contributed by atoms with Gasteiger partial charge in [-0.05, 0) is 77.0 Å². The molecule has 0 rings (SSSR count). The SMILES string of the molecule is CC/C=C\C/C=C\C/C=C\C/C=C\CCCCCCCCCCCCC(=O)OC(CO)COC(=O)CCCCCCC/C=C\CCCCCC. The molecular weight excluding hydrogens is 620 g/mol. The van der Waals surface area contributed by atoms with E-state index in [9.17, 15) is 14.7 Å². The summed E-state index contributed by atoms with van der Waals surface area (Å²) in [6.45, 7) is 3.99. The first-order valence-corrected chi connectivity index (χ1v) is 20.8. The fourth-order valence-corrected chi connectivity index (χ4v) is 5.66. The number of carbonyl (C=O) groups excluding carboxylic acids is 2. The minimum Gasteiger partial charge on any atom is -0.462 e. The van der Waals surface area contributed by atoms with Crippen molar-refractivity contribution in [1.29, 1.82) is 0 Å². The average Bonchev–Trinajstić information content (AvgIpc) is 3.12. The topological polar surface area (TPSA) is 72.8 Å². The van der Waals surface area contributed by atoms with Gasteiger partial charge in [0.1, 0.15) is 6.61 Å². The van der Waals surface area contributed by atoms with Crippen molar-refractivity contribution in [3.8, 4) is 0 Å². The molecule has 50 heavy (non-hydrogen) atoms. The van der Waals surface area contributed by atoms with Gasteiger partial charge in [-0.2, -0.15) is 0 Å². The number of unbranched alkanes of at least 4 members (excludes halogenated alkanes) is 19. The largest absolute Gasteiger partial charge is 0.462 e. The maximum absolute atomic E-state index is 12.2. The maximum Gasteiger partial charge on any atom is 0.306 e. The zero-order valence-corrected chi connectivity index (χ0v) is 32.6. The third-order valence-electron chi connectivity index (χ3n) is 8.80. The van der Waals surface area contributed by atoms with Crippen LogP contribution >= 0.6 is 0 Å². The van der Waals surface area contributed by atoms with Crippen LogP contribution in [0.5, 0.6) is 0 Å². The van der Waals surface area contributed by atoms with E-state index in [1.54, 1.807) is 0 Å². The van der Waals surface area contributed by atoms with Crippen LogP contribution in [0.4, 0.5) is 0 Å². The van der Waals surface area contributed by atoms with E-state index in [2.05, 4.69) is 74.6 Å². The van der Waals surface area contributed by atoms with Crippen molar-refractivity contribution in [2.45, 2.75) is 200 Å². The zero-order chi connectivity index (χ0) is 36.4. The van der Waals surface area contributed by atoms with Crippen LogP contribution in [0.15, 0.2) is 60.8 Å². The molecule has 0 saturated heterocycles. The summed E-state index contributed by atoms with van der Waals surface area (Å²) in [5.74, 6) is -0.607. The normalized spacial score (nSPS) is 12.8. The molecule has 0 heterocycles. The highest BCUT2D eigenvalue weighted by Gasteiger charge is 2.16. The van der Waals surface area contributed by atoms with Crippen LogP contribution in [-0.2, 0) is 19.1 Å². The summed E-state index contributed by atoms with van der Waals surface area (Å²) in [5.41, 5.74) is 0. The van der Waals surface area contributed by atoms with Crippen LogP contribution < -0.4 is 0 Å². The number of aliphatic hydroxyl groups is 1. The summed E-state index contributed by atoms with van der Waals surface area (Å²) in [6.07, 6.45) is 52.8. The van der Waals surface area contributed by atoms with Crippen LogP contribution in [0.2, 0.25) is 0 Å². The summed E-state index contributed by atoms with van der Waals surface area (Å²) in [4.78, 5) is 24.3. The van der Waals surface area contributed by atoms with E-state index in [-0.39, 0.29) is 25.2 Å². The molecule has 0 aromatic rings. The molecule has 0 saturated carbocycles. The monoisotopic (exact) mass is 699 g/mol. The molecule has 0 aromatic carbocycles. The van der Waals surface area contributed by atoms with Crippen LogP contribution in [0, 0.1) is 0 Å². The smallest absolute Gasteiger partial charge is 0.306 e.